The van der Waals surface area contributed by atoms with E-state index in [2.05, 4.69) is 0 Å². The van der Waals surface area contributed by atoms with Crippen molar-refractivity contribution in [2.24, 2.45) is 5.92 Å². The van der Waals surface area contributed by atoms with Crippen molar-refractivity contribution in [1.29, 1.82) is 0 Å². The predicted molar refractivity (Wildman–Crippen MR) is 116 cm³/mol. The molecule has 0 spiro atoms. The quantitative estimate of drug-likeness (QED) is 0.495. The van der Waals surface area contributed by atoms with Gasteiger partial charge in [0.25, 0.3) is 21.6 Å². The molecule has 9 nitrogen and oxygen atoms in total. The number of amides is 1. The first-order chi connectivity index (χ1) is 15.3. The molecule has 2 aromatic rings. The van der Waals surface area contributed by atoms with Gasteiger partial charge in [0.2, 0.25) is 5.91 Å². The number of rotatable bonds is 9. The Balaban J connectivity index is 2.48. The molecule has 0 saturated heterocycles. The fourth-order valence-corrected chi connectivity index (χ4v) is 3.49. The van der Waals surface area contributed by atoms with Crippen LogP contribution in [0.15, 0.2) is 47.3 Å². The van der Waals surface area contributed by atoms with Crippen molar-refractivity contribution in [3.8, 4) is 11.3 Å². The van der Waals surface area contributed by atoms with E-state index in [1.54, 1.807) is 30.3 Å². The SMILES string of the molecule is CNS(=O)(=O)Nc1ccc(-c2ccccc2)n(CC(=O)N[C@H](C(=O)C(F)(F)F)C(C)C)c1=O. The number of benzene rings is 1. The van der Waals surface area contributed by atoms with Crippen LogP contribution in [0.3, 0.4) is 0 Å². The van der Waals surface area contributed by atoms with Crippen molar-refractivity contribution in [2.45, 2.75) is 32.6 Å². The fraction of sp³-hybridized carbons (Fsp3) is 0.350. The van der Waals surface area contributed by atoms with Gasteiger partial charge in [0.05, 0.1) is 11.7 Å². The van der Waals surface area contributed by atoms with Crippen LogP contribution in [0.25, 0.3) is 11.3 Å². The molecule has 0 saturated carbocycles. The Morgan fingerprint density at radius 1 is 1.06 bits per heavy atom. The van der Waals surface area contributed by atoms with Gasteiger partial charge in [-0.25, -0.2) is 4.72 Å². The van der Waals surface area contributed by atoms with Gasteiger partial charge in [-0.3, -0.25) is 23.7 Å². The zero-order valence-corrected chi connectivity index (χ0v) is 18.8. The number of nitrogens with one attached hydrogen (secondary N) is 3. The van der Waals surface area contributed by atoms with E-state index in [4.69, 9.17) is 0 Å². The van der Waals surface area contributed by atoms with Gasteiger partial charge in [-0.05, 0) is 23.6 Å². The zero-order valence-electron chi connectivity index (χ0n) is 17.9. The fourth-order valence-electron chi connectivity index (χ4n) is 2.94. The molecule has 1 heterocycles. The van der Waals surface area contributed by atoms with E-state index >= 15 is 0 Å². The molecule has 0 unspecified atom stereocenters. The number of carbonyl (C=O) groups is 2. The highest BCUT2D eigenvalue weighted by Crippen LogP contribution is 2.22. The summed E-state index contributed by atoms with van der Waals surface area (Å²) in [5.74, 6) is -4.02. The summed E-state index contributed by atoms with van der Waals surface area (Å²) < 4.78 is 67.2. The highest BCUT2D eigenvalue weighted by Gasteiger charge is 2.45. The lowest BCUT2D eigenvalue weighted by Crippen LogP contribution is -2.50. The molecule has 1 aromatic heterocycles. The van der Waals surface area contributed by atoms with Gasteiger partial charge in [-0.1, -0.05) is 44.2 Å². The second-order valence-corrected chi connectivity index (χ2v) is 8.97. The summed E-state index contributed by atoms with van der Waals surface area (Å²) in [6.45, 7) is 1.92. The number of pyridine rings is 1. The molecule has 0 fully saturated rings. The normalized spacial score (nSPS) is 12.9. The monoisotopic (exact) mass is 488 g/mol. The van der Waals surface area contributed by atoms with Crippen molar-refractivity contribution >= 4 is 27.6 Å². The third-order valence-corrected chi connectivity index (χ3v) is 5.63. The molecule has 13 heteroatoms. The van der Waals surface area contributed by atoms with Gasteiger partial charge in [0.1, 0.15) is 12.2 Å². The van der Waals surface area contributed by atoms with Gasteiger partial charge in [0.15, 0.2) is 0 Å². The molecule has 0 radical (unpaired) electrons. The van der Waals surface area contributed by atoms with Crippen LogP contribution in [0, 0.1) is 5.92 Å². The van der Waals surface area contributed by atoms with Gasteiger partial charge in [-0.2, -0.15) is 21.6 Å². The number of halogens is 3. The molecule has 2 rings (SSSR count). The molecule has 33 heavy (non-hydrogen) atoms. The van der Waals surface area contributed by atoms with Crippen LogP contribution < -0.4 is 20.3 Å². The van der Waals surface area contributed by atoms with Crippen LogP contribution in [0.2, 0.25) is 0 Å². The number of aromatic nitrogens is 1. The molecule has 0 aliphatic carbocycles. The van der Waals surface area contributed by atoms with E-state index in [1.165, 1.54) is 26.0 Å². The van der Waals surface area contributed by atoms with E-state index in [1.807, 2.05) is 14.8 Å². The maximum atomic E-state index is 13.0. The molecular weight excluding hydrogens is 465 g/mol. The molecule has 1 aromatic carbocycles. The van der Waals surface area contributed by atoms with Crippen LogP contribution in [-0.4, -0.2) is 43.9 Å². The number of nitrogens with zero attached hydrogens (tertiary/aromatic N) is 1. The molecule has 1 amide bonds. The van der Waals surface area contributed by atoms with Crippen molar-refractivity contribution in [1.82, 2.24) is 14.6 Å². The Kier molecular flexibility index (Phi) is 8.03. The predicted octanol–water partition coefficient (Wildman–Crippen LogP) is 1.66. The Hall–Kier alpha value is -3.19. The lowest BCUT2D eigenvalue weighted by molar-refractivity contribution is -0.174. The van der Waals surface area contributed by atoms with Gasteiger partial charge >= 0.3 is 6.18 Å². The number of hydrogen-bond acceptors (Lipinski definition) is 5. The second kappa shape index (κ2) is 10.2. The highest BCUT2D eigenvalue weighted by molar-refractivity contribution is 7.90. The topological polar surface area (TPSA) is 126 Å². The van der Waals surface area contributed by atoms with Crippen molar-refractivity contribution in [3.05, 3.63) is 52.8 Å². The maximum Gasteiger partial charge on any atom is 0.452 e. The average Bonchev–Trinajstić information content (AvgIpc) is 2.74. The Labute approximate surface area is 188 Å². The zero-order chi connectivity index (χ0) is 25.0. The first-order valence-corrected chi connectivity index (χ1v) is 11.2. The summed E-state index contributed by atoms with van der Waals surface area (Å²) in [5.41, 5.74) is -0.583. The Morgan fingerprint density at radius 3 is 2.18 bits per heavy atom. The number of anilines is 1. The van der Waals surface area contributed by atoms with Crippen LogP contribution in [-0.2, 0) is 26.3 Å². The first-order valence-electron chi connectivity index (χ1n) is 9.67. The second-order valence-electron chi connectivity index (χ2n) is 7.35. The number of hydrogen-bond donors (Lipinski definition) is 3. The van der Waals surface area contributed by atoms with Crippen LogP contribution in [0.5, 0.6) is 0 Å². The first kappa shape index (κ1) is 26.1. The Morgan fingerprint density at radius 2 is 1.67 bits per heavy atom. The van der Waals surface area contributed by atoms with Crippen LogP contribution in [0.4, 0.5) is 18.9 Å². The van der Waals surface area contributed by atoms with Crippen molar-refractivity contribution < 1.29 is 31.2 Å². The third kappa shape index (κ3) is 6.65. The summed E-state index contributed by atoms with van der Waals surface area (Å²) >= 11 is 0. The number of Topliss-reactive ketones (excluding diaryl/α,β-unsaturated/α-hetero) is 1. The lowest BCUT2D eigenvalue weighted by Gasteiger charge is -2.23. The molecule has 180 valence electrons. The minimum Gasteiger partial charge on any atom is -0.344 e. The number of alkyl halides is 3. The lowest BCUT2D eigenvalue weighted by atomic mass is 9.99. The van der Waals surface area contributed by atoms with E-state index in [0.717, 1.165) is 11.6 Å². The van der Waals surface area contributed by atoms with Crippen LogP contribution in [0.1, 0.15) is 13.8 Å². The number of carbonyl (C=O) groups excluding carboxylic acids is 2. The van der Waals surface area contributed by atoms with E-state index in [-0.39, 0.29) is 11.4 Å². The average molecular weight is 488 g/mol. The smallest absolute Gasteiger partial charge is 0.344 e. The Bertz CT molecular complexity index is 1180. The van der Waals surface area contributed by atoms with Gasteiger partial charge in [-0.15, -0.1) is 0 Å². The van der Waals surface area contributed by atoms with Crippen molar-refractivity contribution in [3.63, 3.8) is 0 Å². The van der Waals surface area contributed by atoms with Gasteiger partial charge in [0, 0.05) is 7.05 Å². The summed E-state index contributed by atoms with van der Waals surface area (Å²) in [5, 5.41) is 2.04. The van der Waals surface area contributed by atoms with E-state index < -0.39 is 52.1 Å². The minimum absolute atomic E-state index is 0.214. The largest absolute Gasteiger partial charge is 0.452 e. The number of ketones is 1. The summed E-state index contributed by atoms with van der Waals surface area (Å²) in [6, 6.07) is 9.05. The van der Waals surface area contributed by atoms with Crippen molar-refractivity contribution in [2.75, 3.05) is 11.8 Å². The van der Waals surface area contributed by atoms with E-state index in [9.17, 15) is 36.0 Å². The molecule has 0 bridgehead atoms. The van der Waals surface area contributed by atoms with Gasteiger partial charge < -0.3 is 5.32 Å². The molecule has 0 aliphatic heterocycles. The summed E-state index contributed by atoms with van der Waals surface area (Å²) in [6.07, 6.45) is -5.15. The van der Waals surface area contributed by atoms with E-state index in [0.29, 0.717) is 5.56 Å². The minimum atomic E-state index is -5.15. The third-order valence-electron chi connectivity index (χ3n) is 4.60. The maximum absolute atomic E-state index is 13.0. The molecule has 3 N–H and O–H groups in total. The standard InChI is InChI=1S/C20H23F3N4O5S/c1-12(2)17(18(29)20(21,22)23)25-16(28)11-27-15(13-7-5-4-6-8-13)10-9-14(19(27)30)26-33(31,32)24-3/h4-10,12,17,24,26H,11H2,1-3H3,(H,25,28)/t17-/m0/s1. The molecule has 0 aliphatic rings. The summed E-state index contributed by atoms with van der Waals surface area (Å²) in [7, 11) is -2.94. The summed E-state index contributed by atoms with van der Waals surface area (Å²) in [4.78, 5) is 37.3. The molecule has 1 atom stereocenters. The highest BCUT2D eigenvalue weighted by atomic mass is 32.2. The molecular formula is C20H23F3N4O5S. The van der Waals surface area contributed by atoms with Crippen LogP contribution >= 0.6 is 0 Å².